The molecule has 2 N–H and O–H groups in total. The third-order valence-electron chi connectivity index (χ3n) is 9.92. The normalized spacial score (nSPS) is 23.6. The van der Waals surface area contributed by atoms with E-state index in [0.29, 0.717) is 47.1 Å². The molecule has 8 nitrogen and oxygen atoms in total. The van der Waals surface area contributed by atoms with E-state index in [1.165, 1.54) is 13.2 Å². The maximum Gasteiger partial charge on any atom is 0.250 e. The zero-order valence-corrected chi connectivity index (χ0v) is 27.1. The number of nitrogens with zero attached hydrogens (tertiary/aromatic N) is 3. The second kappa shape index (κ2) is 11.3. The third kappa shape index (κ3) is 4.44. The lowest BCUT2D eigenvalue weighted by Gasteiger charge is -2.40. The van der Waals surface area contributed by atoms with E-state index in [0.717, 1.165) is 28.2 Å². The molecular formula is C36H31Cl2FN4O4. The van der Waals surface area contributed by atoms with Crippen LogP contribution in [0.3, 0.4) is 0 Å². The van der Waals surface area contributed by atoms with Crippen molar-refractivity contribution in [2.24, 2.45) is 0 Å². The minimum atomic E-state index is -1.33. The predicted octanol–water partition coefficient (Wildman–Crippen LogP) is 7.13. The van der Waals surface area contributed by atoms with E-state index < -0.39 is 29.5 Å². The molecule has 240 valence electrons. The number of imidazole rings is 1. The first-order valence-corrected chi connectivity index (χ1v) is 16.3. The molecule has 4 aromatic carbocycles. The zero-order chi connectivity index (χ0) is 32.6. The first-order chi connectivity index (χ1) is 22.8. The van der Waals surface area contributed by atoms with Gasteiger partial charge in [-0.15, -0.1) is 0 Å². The van der Waals surface area contributed by atoms with Crippen molar-refractivity contribution in [3.63, 3.8) is 0 Å². The number of aromatic nitrogens is 2. The molecule has 3 aliphatic heterocycles. The van der Waals surface area contributed by atoms with E-state index in [9.17, 15) is 9.90 Å². The van der Waals surface area contributed by atoms with Gasteiger partial charge in [-0.05, 0) is 60.5 Å². The van der Waals surface area contributed by atoms with Crippen LogP contribution >= 0.6 is 23.2 Å². The maximum atomic E-state index is 16.4. The summed E-state index contributed by atoms with van der Waals surface area (Å²) in [6, 6.07) is 23.5. The fourth-order valence-electron chi connectivity index (χ4n) is 8.14. The van der Waals surface area contributed by atoms with Gasteiger partial charge in [0.05, 0.1) is 22.7 Å². The van der Waals surface area contributed by atoms with Gasteiger partial charge in [0.2, 0.25) is 5.91 Å². The van der Waals surface area contributed by atoms with Crippen LogP contribution in [0.4, 0.5) is 10.1 Å². The summed E-state index contributed by atoms with van der Waals surface area (Å²) in [5, 5.41) is 13.9. The number of ether oxygens (including phenoxy) is 2. The number of fused-ring (bicyclic) bond motifs is 7. The van der Waals surface area contributed by atoms with Crippen molar-refractivity contribution in [2.45, 2.75) is 49.7 Å². The molecule has 0 bridgehead atoms. The average molecular weight is 674 g/mol. The molecule has 3 aliphatic rings. The number of carbonyl (C=O) groups excluding carboxylic acids is 1. The summed E-state index contributed by atoms with van der Waals surface area (Å²) >= 11 is 12.9. The minimum absolute atomic E-state index is 0.0171. The molecule has 1 aromatic heterocycles. The van der Waals surface area contributed by atoms with Gasteiger partial charge in [0, 0.05) is 59.9 Å². The molecule has 8 rings (SSSR count). The number of aliphatic hydroxyl groups excluding tert-OH is 1. The SMILES string of the molecule is CCOc1cccc(CN2[C@H]3Cn4c(nc5cc(C(O)OC)ccc54)[C@H]3[C@H](c3cccc(Cl)c3F)[C@]23C(=O)Nc2cc(Cl)ccc23)c1. The Balaban J connectivity index is 1.39. The van der Waals surface area contributed by atoms with Gasteiger partial charge in [-0.25, -0.2) is 9.37 Å². The van der Waals surface area contributed by atoms with Crippen molar-refractivity contribution in [3.05, 3.63) is 123 Å². The number of rotatable bonds is 7. The Morgan fingerprint density at radius 3 is 2.74 bits per heavy atom. The molecule has 5 atom stereocenters. The van der Waals surface area contributed by atoms with Crippen LogP contribution in [-0.2, 0) is 28.2 Å². The summed E-state index contributed by atoms with van der Waals surface area (Å²) in [4.78, 5) is 22.1. The van der Waals surface area contributed by atoms with Crippen molar-refractivity contribution in [1.29, 1.82) is 0 Å². The number of anilines is 1. The van der Waals surface area contributed by atoms with Gasteiger partial charge in [-0.2, -0.15) is 0 Å². The summed E-state index contributed by atoms with van der Waals surface area (Å²) < 4.78 is 29.5. The van der Waals surface area contributed by atoms with E-state index in [4.69, 9.17) is 37.7 Å². The molecule has 4 heterocycles. The van der Waals surface area contributed by atoms with Gasteiger partial charge >= 0.3 is 0 Å². The molecule has 1 saturated heterocycles. The van der Waals surface area contributed by atoms with Crippen LogP contribution in [-0.4, -0.2) is 45.2 Å². The van der Waals surface area contributed by atoms with Crippen LogP contribution in [0.1, 0.15) is 53.1 Å². The Morgan fingerprint density at radius 2 is 1.94 bits per heavy atom. The minimum Gasteiger partial charge on any atom is -0.494 e. The van der Waals surface area contributed by atoms with Crippen molar-refractivity contribution >= 4 is 45.8 Å². The number of carbonyl (C=O) groups is 1. The number of amides is 1. The van der Waals surface area contributed by atoms with E-state index >= 15 is 4.39 Å². The van der Waals surface area contributed by atoms with Crippen LogP contribution in [0.5, 0.6) is 5.75 Å². The molecule has 0 saturated carbocycles. The molecule has 0 aliphatic carbocycles. The molecule has 5 aromatic rings. The largest absolute Gasteiger partial charge is 0.494 e. The molecule has 1 fully saturated rings. The number of nitrogens with one attached hydrogen (secondary N) is 1. The summed E-state index contributed by atoms with van der Waals surface area (Å²) in [6.07, 6.45) is -1.10. The second-order valence-corrected chi connectivity index (χ2v) is 13.1. The number of hydrogen-bond donors (Lipinski definition) is 2. The third-order valence-corrected chi connectivity index (χ3v) is 10.4. The zero-order valence-electron chi connectivity index (χ0n) is 25.6. The smallest absolute Gasteiger partial charge is 0.250 e. The highest BCUT2D eigenvalue weighted by atomic mass is 35.5. The lowest BCUT2D eigenvalue weighted by Crippen LogP contribution is -2.52. The Bertz CT molecular complexity index is 2070. The first kappa shape index (κ1) is 30.4. The quantitative estimate of drug-likeness (QED) is 0.179. The van der Waals surface area contributed by atoms with Crippen LogP contribution in [0, 0.1) is 5.82 Å². The van der Waals surface area contributed by atoms with Gasteiger partial charge in [-0.3, -0.25) is 9.69 Å². The number of aliphatic hydroxyl groups is 1. The number of hydrogen-bond acceptors (Lipinski definition) is 6. The van der Waals surface area contributed by atoms with Crippen LogP contribution in [0.25, 0.3) is 11.0 Å². The standard InChI is InChI=1S/C36H31Cl2FN4O4/c1-3-47-22-7-4-6-19(14-22)17-43-29-18-42-28-13-10-20(34(44)46-2)15-27(28)40-33(42)30(29)31(23-8-5-9-25(38)32(23)39)36(43)24-12-11-21(37)16-26(24)41-35(36)45/h4-16,29-31,34,44H,3,17-18H2,1-2H3,(H,41,45)/t29-,30+,31-,34?,36+/m0/s1. The second-order valence-electron chi connectivity index (χ2n) is 12.2. The molecule has 47 heavy (non-hydrogen) atoms. The van der Waals surface area contributed by atoms with Gasteiger partial charge in [0.1, 0.15) is 22.9 Å². The molecular weight excluding hydrogens is 642 g/mol. The maximum absolute atomic E-state index is 16.4. The van der Waals surface area contributed by atoms with Gasteiger partial charge in [0.15, 0.2) is 6.29 Å². The highest BCUT2D eigenvalue weighted by molar-refractivity contribution is 6.31. The van der Waals surface area contributed by atoms with Crippen molar-refractivity contribution in [2.75, 3.05) is 19.0 Å². The molecule has 0 radical (unpaired) electrons. The van der Waals surface area contributed by atoms with E-state index in [2.05, 4.69) is 14.8 Å². The van der Waals surface area contributed by atoms with Gasteiger partial charge in [-0.1, -0.05) is 59.6 Å². The lowest BCUT2D eigenvalue weighted by atomic mass is 9.71. The summed E-state index contributed by atoms with van der Waals surface area (Å²) in [5.41, 5.74) is 3.40. The number of likely N-dealkylation sites (tertiary alicyclic amines) is 1. The van der Waals surface area contributed by atoms with E-state index in [1.807, 2.05) is 49.4 Å². The van der Waals surface area contributed by atoms with Crippen molar-refractivity contribution < 1.29 is 23.8 Å². The number of benzene rings is 4. The number of halogens is 3. The highest BCUT2D eigenvalue weighted by Crippen LogP contribution is 2.65. The van der Waals surface area contributed by atoms with Crippen LogP contribution in [0.15, 0.2) is 78.9 Å². The van der Waals surface area contributed by atoms with Crippen molar-refractivity contribution in [1.82, 2.24) is 14.5 Å². The monoisotopic (exact) mass is 672 g/mol. The lowest BCUT2D eigenvalue weighted by molar-refractivity contribution is -0.128. The molecule has 11 heteroatoms. The summed E-state index contributed by atoms with van der Waals surface area (Å²) in [5.74, 6) is -0.483. The summed E-state index contributed by atoms with van der Waals surface area (Å²) in [6.45, 7) is 3.34. The van der Waals surface area contributed by atoms with Gasteiger partial charge < -0.3 is 24.5 Å². The topological polar surface area (TPSA) is 88.8 Å². The van der Waals surface area contributed by atoms with Crippen molar-refractivity contribution in [3.8, 4) is 5.75 Å². The Labute approximate surface area is 280 Å². The molecule has 1 amide bonds. The fraction of sp³-hybridized carbons (Fsp3) is 0.278. The summed E-state index contributed by atoms with van der Waals surface area (Å²) in [7, 11) is 1.44. The molecule has 1 spiro atoms. The van der Waals surface area contributed by atoms with Gasteiger partial charge in [0.25, 0.3) is 0 Å². The molecule has 1 unspecified atom stereocenters. The predicted molar refractivity (Wildman–Crippen MR) is 177 cm³/mol. The Hall–Kier alpha value is -3.99. The Kier molecular flexibility index (Phi) is 7.31. The fourth-order valence-corrected chi connectivity index (χ4v) is 8.50. The Morgan fingerprint density at radius 1 is 1.11 bits per heavy atom. The van der Waals surface area contributed by atoms with Crippen LogP contribution in [0.2, 0.25) is 10.0 Å². The first-order valence-electron chi connectivity index (χ1n) is 15.5. The van der Waals surface area contributed by atoms with E-state index in [1.54, 1.807) is 30.3 Å². The number of methoxy groups -OCH3 is 1. The van der Waals surface area contributed by atoms with E-state index in [-0.39, 0.29) is 17.0 Å². The average Bonchev–Trinajstić information content (AvgIpc) is 3.75. The highest BCUT2D eigenvalue weighted by Gasteiger charge is 2.69. The van der Waals surface area contributed by atoms with Crippen LogP contribution < -0.4 is 10.1 Å².